The normalized spacial score (nSPS) is 17.9. The number of likely N-dealkylation sites (tertiary alicyclic amines) is 1. The first-order valence-corrected chi connectivity index (χ1v) is 12.6. The molecule has 5 rings (SSSR count). The minimum atomic E-state index is -3.46. The van der Waals surface area contributed by atoms with Crippen LogP contribution in [0.25, 0.3) is 11.1 Å². The Kier molecular flexibility index (Phi) is 5.20. The number of aromatic amines is 1. The maximum absolute atomic E-state index is 12.8. The topological polar surface area (TPSA) is 100 Å². The lowest BCUT2D eigenvalue weighted by Gasteiger charge is -2.59. The summed E-state index contributed by atoms with van der Waals surface area (Å²) in [6.07, 6.45) is 3.98. The third-order valence-electron chi connectivity index (χ3n) is 6.75. The number of hydrogen-bond acceptors (Lipinski definition) is 5. The largest absolute Gasteiger partial charge is 0.417 e. The molecule has 168 valence electrons. The second kappa shape index (κ2) is 7.92. The minimum Gasteiger partial charge on any atom is -0.408 e. The van der Waals surface area contributed by atoms with Crippen LogP contribution >= 0.6 is 0 Å². The van der Waals surface area contributed by atoms with Gasteiger partial charge in [0.2, 0.25) is 5.91 Å². The summed E-state index contributed by atoms with van der Waals surface area (Å²) in [5, 5.41) is 0. The van der Waals surface area contributed by atoms with Gasteiger partial charge in [-0.25, -0.2) is 13.2 Å². The van der Waals surface area contributed by atoms with Crippen LogP contribution in [0, 0.1) is 11.3 Å². The summed E-state index contributed by atoms with van der Waals surface area (Å²) in [4.78, 5) is 28.3. The van der Waals surface area contributed by atoms with Crippen molar-refractivity contribution in [2.75, 3.05) is 18.8 Å². The van der Waals surface area contributed by atoms with Crippen molar-refractivity contribution in [3.05, 3.63) is 64.6 Å². The number of oxazole rings is 1. The Hall–Kier alpha value is -2.87. The summed E-state index contributed by atoms with van der Waals surface area (Å²) >= 11 is 0. The monoisotopic (exact) mass is 454 g/mol. The van der Waals surface area contributed by atoms with Gasteiger partial charge in [-0.3, -0.25) is 9.78 Å². The summed E-state index contributed by atoms with van der Waals surface area (Å²) in [7, 11) is -3.46. The van der Waals surface area contributed by atoms with Crippen LogP contribution in [0.1, 0.15) is 31.2 Å². The predicted octanol–water partition coefficient (Wildman–Crippen LogP) is 3.16. The standard InChI is InChI=1S/C24H26N2O5S/c27-22(8-4-7-17-5-2-1-3-6-17)26-15-24(16-26)12-18(13-24)14-32(29,30)19-9-10-20-21(11-19)31-23(28)25-20/h1-3,5-6,9-11,18H,4,7-8,12-16H2,(H,25,28). The highest BCUT2D eigenvalue weighted by molar-refractivity contribution is 7.91. The van der Waals surface area contributed by atoms with Crippen molar-refractivity contribution in [1.82, 2.24) is 9.88 Å². The van der Waals surface area contributed by atoms with Gasteiger partial charge in [-0.1, -0.05) is 30.3 Å². The highest BCUT2D eigenvalue weighted by Crippen LogP contribution is 2.52. The zero-order chi connectivity index (χ0) is 22.3. The van der Waals surface area contributed by atoms with Gasteiger partial charge in [-0.15, -0.1) is 0 Å². The summed E-state index contributed by atoms with van der Waals surface area (Å²) in [5.74, 6) is -0.215. The van der Waals surface area contributed by atoms with Crippen molar-refractivity contribution in [1.29, 1.82) is 0 Å². The number of aromatic nitrogens is 1. The summed E-state index contributed by atoms with van der Waals surface area (Å²) in [5.41, 5.74) is 2.09. The van der Waals surface area contributed by atoms with E-state index in [1.165, 1.54) is 17.7 Å². The van der Waals surface area contributed by atoms with Crippen LogP contribution in [0.3, 0.4) is 0 Å². The SMILES string of the molecule is O=C(CCCc1ccccc1)N1CC2(CC(CS(=O)(=O)c3ccc4[nH]c(=O)oc4c3)C2)C1. The molecule has 1 amide bonds. The fraction of sp³-hybridized carbons (Fsp3) is 0.417. The van der Waals surface area contributed by atoms with Gasteiger partial charge in [0.15, 0.2) is 15.4 Å². The summed E-state index contributed by atoms with van der Waals surface area (Å²) in [6.45, 7) is 1.49. The number of hydrogen-bond donors (Lipinski definition) is 1. The van der Waals surface area contributed by atoms with Gasteiger partial charge in [-0.2, -0.15) is 0 Å². The molecule has 1 saturated carbocycles. The van der Waals surface area contributed by atoms with E-state index in [1.807, 2.05) is 23.1 Å². The molecule has 0 radical (unpaired) electrons. The molecular weight excluding hydrogens is 428 g/mol. The van der Waals surface area contributed by atoms with Crippen LogP contribution in [-0.4, -0.2) is 43.1 Å². The van der Waals surface area contributed by atoms with Crippen LogP contribution in [0.4, 0.5) is 0 Å². The molecule has 2 heterocycles. The molecule has 1 aromatic heterocycles. The van der Waals surface area contributed by atoms with Gasteiger partial charge in [0.05, 0.1) is 16.2 Å². The Bertz CT molecular complexity index is 1290. The van der Waals surface area contributed by atoms with E-state index in [1.54, 1.807) is 6.07 Å². The summed E-state index contributed by atoms with van der Waals surface area (Å²) in [6, 6.07) is 14.7. The Morgan fingerprint density at radius 1 is 1.12 bits per heavy atom. The molecule has 32 heavy (non-hydrogen) atoms. The van der Waals surface area contributed by atoms with Crippen molar-refractivity contribution in [3.63, 3.8) is 0 Å². The third kappa shape index (κ3) is 4.11. The molecule has 2 fully saturated rings. The van der Waals surface area contributed by atoms with E-state index in [9.17, 15) is 18.0 Å². The fourth-order valence-electron chi connectivity index (χ4n) is 5.25. The van der Waals surface area contributed by atoms with E-state index in [0.717, 1.165) is 38.8 Å². The van der Waals surface area contributed by atoms with Crippen LogP contribution in [-0.2, 0) is 21.1 Å². The van der Waals surface area contributed by atoms with Gasteiger partial charge in [0.1, 0.15) is 0 Å². The van der Waals surface area contributed by atoms with Gasteiger partial charge in [0, 0.05) is 31.0 Å². The van der Waals surface area contributed by atoms with E-state index in [2.05, 4.69) is 17.1 Å². The lowest BCUT2D eigenvalue weighted by Crippen LogP contribution is -2.64. The number of nitrogens with zero attached hydrogens (tertiary/aromatic N) is 1. The molecule has 0 unspecified atom stereocenters. The number of rotatable bonds is 7. The number of nitrogens with one attached hydrogen (secondary N) is 1. The predicted molar refractivity (Wildman–Crippen MR) is 120 cm³/mol. The average Bonchev–Trinajstić information content (AvgIpc) is 3.08. The molecule has 2 aliphatic rings. The van der Waals surface area contributed by atoms with Crippen molar-refractivity contribution in [2.45, 2.75) is 37.0 Å². The molecule has 1 N–H and O–H groups in total. The van der Waals surface area contributed by atoms with Gasteiger partial charge >= 0.3 is 5.76 Å². The number of carbonyl (C=O) groups excluding carboxylic acids is 1. The quantitative estimate of drug-likeness (QED) is 0.591. The molecule has 1 aliphatic heterocycles. The maximum Gasteiger partial charge on any atom is 0.417 e. The van der Waals surface area contributed by atoms with Crippen molar-refractivity contribution < 1.29 is 17.6 Å². The summed E-state index contributed by atoms with van der Waals surface area (Å²) < 4.78 is 30.6. The Morgan fingerprint density at radius 3 is 2.62 bits per heavy atom. The molecule has 8 heteroatoms. The number of amides is 1. The smallest absolute Gasteiger partial charge is 0.408 e. The van der Waals surface area contributed by atoms with E-state index in [0.29, 0.717) is 11.9 Å². The number of fused-ring (bicyclic) bond motifs is 1. The highest BCUT2D eigenvalue weighted by atomic mass is 32.2. The van der Waals surface area contributed by atoms with E-state index >= 15 is 0 Å². The van der Waals surface area contributed by atoms with Gasteiger partial charge in [0.25, 0.3) is 0 Å². The first kappa shape index (κ1) is 21.0. The Morgan fingerprint density at radius 2 is 1.88 bits per heavy atom. The van der Waals surface area contributed by atoms with Crippen LogP contribution in [0.5, 0.6) is 0 Å². The van der Waals surface area contributed by atoms with Crippen molar-refractivity contribution in [3.8, 4) is 0 Å². The van der Waals surface area contributed by atoms with E-state index in [-0.39, 0.29) is 33.5 Å². The number of aryl methyl sites for hydroxylation is 1. The van der Waals surface area contributed by atoms with Crippen LogP contribution < -0.4 is 5.76 Å². The van der Waals surface area contributed by atoms with Crippen molar-refractivity contribution in [2.24, 2.45) is 11.3 Å². The minimum absolute atomic E-state index is 0.0833. The second-order valence-electron chi connectivity index (χ2n) is 9.32. The number of benzene rings is 2. The Balaban J connectivity index is 1.09. The lowest BCUT2D eigenvalue weighted by atomic mass is 9.58. The molecule has 1 saturated heterocycles. The number of H-pyrrole nitrogens is 1. The Labute approximate surface area is 186 Å². The molecule has 1 spiro atoms. The van der Waals surface area contributed by atoms with Gasteiger partial charge in [-0.05, 0) is 49.3 Å². The van der Waals surface area contributed by atoms with Crippen LogP contribution in [0.2, 0.25) is 0 Å². The molecule has 1 aliphatic carbocycles. The first-order valence-electron chi connectivity index (χ1n) is 11.0. The molecule has 7 nitrogen and oxygen atoms in total. The second-order valence-corrected chi connectivity index (χ2v) is 11.4. The molecule has 0 bridgehead atoms. The maximum atomic E-state index is 12.8. The van der Waals surface area contributed by atoms with Crippen LogP contribution in [0.15, 0.2) is 62.6 Å². The van der Waals surface area contributed by atoms with Gasteiger partial charge < -0.3 is 9.32 Å². The number of carbonyl (C=O) groups is 1. The fourth-order valence-corrected chi connectivity index (χ4v) is 6.86. The molecular formula is C24H26N2O5S. The highest BCUT2D eigenvalue weighted by Gasteiger charge is 2.54. The van der Waals surface area contributed by atoms with E-state index in [4.69, 9.17) is 4.42 Å². The lowest BCUT2D eigenvalue weighted by molar-refractivity contribution is -0.154. The van der Waals surface area contributed by atoms with Crippen molar-refractivity contribution >= 4 is 26.8 Å². The third-order valence-corrected chi connectivity index (χ3v) is 8.64. The first-order chi connectivity index (χ1) is 15.3. The zero-order valence-corrected chi connectivity index (χ0v) is 18.6. The molecule has 3 aromatic rings. The molecule has 2 aromatic carbocycles. The zero-order valence-electron chi connectivity index (χ0n) is 17.7. The van der Waals surface area contributed by atoms with E-state index < -0.39 is 15.6 Å². The molecule has 0 atom stereocenters. The number of sulfone groups is 1. The average molecular weight is 455 g/mol.